The average molecular weight is 164 g/mol. The normalized spacial score (nSPS) is 10.4. The molecule has 0 aromatic heterocycles. The standard InChI is InChI=1S/C3H8O4S.Na.H/c1-2-8(5,6)7-3-4;;/h4H,2-3H2,1H3;;. The van der Waals surface area contributed by atoms with E-state index in [0.717, 1.165) is 0 Å². The van der Waals surface area contributed by atoms with E-state index in [9.17, 15) is 8.42 Å². The molecule has 6 heteroatoms. The van der Waals surface area contributed by atoms with Gasteiger partial charge in [-0.1, -0.05) is 0 Å². The first-order valence-electron chi connectivity index (χ1n) is 2.10. The zero-order chi connectivity index (χ0) is 6.62. The molecule has 9 heavy (non-hydrogen) atoms. The topological polar surface area (TPSA) is 63.6 Å². The first-order chi connectivity index (χ1) is 3.62. The first-order valence-corrected chi connectivity index (χ1v) is 3.68. The second kappa shape index (κ2) is 5.64. The zero-order valence-corrected chi connectivity index (χ0v) is 5.31. The van der Waals surface area contributed by atoms with Crippen molar-refractivity contribution in [2.45, 2.75) is 6.92 Å². The van der Waals surface area contributed by atoms with Gasteiger partial charge in [0.05, 0.1) is 5.75 Å². The Balaban J connectivity index is 0. The Morgan fingerprint density at radius 2 is 2.00 bits per heavy atom. The molecule has 1 N–H and O–H groups in total. The zero-order valence-electron chi connectivity index (χ0n) is 4.49. The van der Waals surface area contributed by atoms with Crippen LogP contribution in [0, 0.1) is 0 Å². The van der Waals surface area contributed by atoms with Crippen molar-refractivity contribution in [1.29, 1.82) is 0 Å². The molecular formula is C3H9NaO4S. The molecule has 0 heterocycles. The Morgan fingerprint density at radius 1 is 1.56 bits per heavy atom. The fourth-order valence-corrected chi connectivity index (χ4v) is 0.491. The molecule has 0 aromatic carbocycles. The predicted octanol–water partition coefficient (Wildman–Crippen LogP) is -1.35. The van der Waals surface area contributed by atoms with Crippen LogP contribution in [0.4, 0.5) is 0 Å². The summed E-state index contributed by atoms with van der Waals surface area (Å²) in [6, 6.07) is 0. The van der Waals surface area contributed by atoms with E-state index in [0.29, 0.717) is 0 Å². The van der Waals surface area contributed by atoms with Crippen LogP contribution in [-0.2, 0) is 14.3 Å². The van der Waals surface area contributed by atoms with E-state index in [1.807, 2.05) is 0 Å². The number of rotatable bonds is 3. The van der Waals surface area contributed by atoms with Crippen LogP contribution in [0.15, 0.2) is 0 Å². The minimum atomic E-state index is -3.42. The molecule has 0 amide bonds. The third-order valence-electron chi connectivity index (χ3n) is 0.586. The summed E-state index contributed by atoms with van der Waals surface area (Å²) < 4.78 is 24.3. The van der Waals surface area contributed by atoms with Gasteiger partial charge in [-0.25, -0.2) is 4.18 Å². The van der Waals surface area contributed by atoms with Gasteiger partial charge in [-0.3, -0.25) is 0 Å². The molecule has 0 aliphatic rings. The third kappa shape index (κ3) is 6.76. The van der Waals surface area contributed by atoms with Crippen LogP contribution in [0.5, 0.6) is 0 Å². The summed E-state index contributed by atoms with van der Waals surface area (Å²) in [5.74, 6) is -0.104. The van der Waals surface area contributed by atoms with Crippen molar-refractivity contribution in [1.82, 2.24) is 0 Å². The summed E-state index contributed by atoms with van der Waals surface area (Å²) in [5.41, 5.74) is 0. The molecule has 0 spiro atoms. The fraction of sp³-hybridized carbons (Fsp3) is 1.00. The van der Waals surface area contributed by atoms with Crippen molar-refractivity contribution in [2.75, 3.05) is 12.5 Å². The summed E-state index contributed by atoms with van der Waals surface area (Å²) in [4.78, 5) is 0. The van der Waals surface area contributed by atoms with Gasteiger partial charge in [0.2, 0.25) is 0 Å². The summed E-state index contributed by atoms with van der Waals surface area (Å²) in [6.07, 6.45) is 0. The molecule has 4 nitrogen and oxygen atoms in total. The molecule has 0 unspecified atom stereocenters. The molecule has 0 rings (SSSR count). The van der Waals surface area contributed by atoms with Crippen LogP contribution >= 0.6 is 0 Å². The number of aliphatic hydroxyl groups is 1. The van der Waals surface area contributed by atoms with Crippen molar-refractivity contribution in [3.8, 4) is 0 Å². The molecule has 0 bridgehead atoms. The molecular weight excluding hydrogens is 155 g/mol. The van der Waals surface area contributed by atoms with Crippen LogP contribution in [0.25, 0.3) is 0 Å². The summed E-state index contributed by atoms with van der Waals surface area (Å²) in [7, 11) is -3.42. The number of hydrogen-bond acceptors (Lipinski definition) is 4. The van der Waals surface area contributed by atoms with Gasteiger partial charge in [0, 0.05) is 0 Å². The first kappa shape index (κ1) is 12.5. The van der Waals surface area contributed by atoms with Gasteiger partial charge in [0.15, 0.2) is 6.79 Å². The third-order valence-corrected chi connectivity index (χ3v) is 1.76. The van der Waals surface area contributed by atoms with Crippen LogP contribution in [0.2, 0.25) is 0 Å². The SMILES string of the molecule is CCS(=O)(=O)OCO.[NaH]. The van der Waals surface area contributed by atoms with Crippen LogP contribution < -0.4 is 0 Å². The van der Waals surface area contributed by atoms with Crippen molar-refractivity contribution >= 4 is 39.7 Å². The molecule has 52 valence electrons. The number of aliphatic hydroxyl groups excluding tert-OH is 1. The van der Waals surface area contributed by atoms with Gasteiger partial charge < -0.3 is 5.11 Å². The molecule has 0 fully saturated rings. The molecule has 0 aromatic rings. The Kier molecular flexibility index (Phi) is 7.86. The quantitative estimate of drug-likeness (QED) is 0.318. The van der Waals surface area contributed by atoms with Crippen molar-refractivity contribution in [3.63, 3.8) is 0 Å². The van der Waals surface area contributed by atoms with E-state index in [1.165, 1.54) is 6.92 Å². The Morgan fingerprint density at radius 3 is 2.11 bits per heavy atom. The molecule has 0 aliphatic heterocycles. The molecule has 0 radical (unpaired) electrons. The molecule has 0 saturated carbocycles. The fourth-order valence-electron chi connectivity index (χ4n) is 0.164. The van der Waals surface area contributed by atoms with Crippen molar-refractivity contribution in [2.24, 2.45) is 0 Å². The minimum absolute atomic E-state index is 0. The maximum absolute atomic E-state index is 10.2. The molecule has 0 saturated heterocycles. The van der Waals surface area contributed by atoms with Gasteiger partial charge in [0.25, 0.3) is 10.1 Å². The Bertz CT molecular complexity index is 140. The summed E-state index contributed by atoms with van der Waals surface area (Å²) in [5, 5.41) is 7.93. The van der Waals surface area contributed by atoms with Gasteiger partial charge in [-0.2, -0.15) is 8.42 Å². The van der Waals surface area contributed by atoms with Gasteiger partial charge in [-0.15, -0.1) is 0 Å². The van der Waals surface area contributed by atoms with E-state index in [2.05, 4.69) is 4.18 Å². The molecule has 0 aliphatic carbocycles. The Hall–Kier alpha value is 0.870. The van der Waals surface area contributed by atoms with Crippen LogP contribution in [-0.4, -0.2) is 55.6 Å². The predicted molar refractivity (Wildman–Crippen MR) is 34.8 cm³/mol. The second-order valence-corrected chi connectivity index (χ2v) is 3.02. The van der Waals surface area contributed by atoms with Crippen LogP contribution in [0.3, 0.4) is 0 Å². The van der Waals surface area contributed by atoms with Gasteiger partial charge in [0.1, 0.15) is 0 Å². The van der Waals surface area contributed by atoms with Crippen molar-refractivity contribution < 1.29 is 17.7 Å². The van der Waals surface area contributed by atoms with Crippen molar-refractivity contribution in [3.05, 3.63) is 0 Å². The second-order valence-electron chi connectivity index (χ2n) is 1.09. The van der Waals surface area contributed by atoms with Gasteiger partial charge in [-0.05, 0) is 6.92 Å². The van der Waals surface area contributed by atoms with Gasteiger partial charge >= 0.3 is 29.6 Å². The van der Waals surface area contributed by atoms with E-state index < -0.39 is 16.9 Å². The average Bonchev–Trinajstić information content (AvgIpc) is 1.67. The van der Waals surface area contributed by atoms with E-state index >= 15 is 0 Å². The number of hydrogen-bond donors (Lipinski definition) is 1. The summed E-state index contributed by atoms with van der Waals surface area (Å²) in [6.45, 7) is 0.668. The maximum atomic E-state index is 10.2. The van der Waals surface area contributed by atoms with Crippen LogP contribution in [0.1, 0.15) is 6.92 Å². The molecule has 0 atom stereocenters. The summed E-state index contributed by atoms with van der Waals surface area (Å²) >= 11 is 0. The Labute approximate surface area is 76.6 Å². The van der Waals surface area contributed by atoms with E-state index in [-0.39, 0.29) is 35.3 Å². The van der Waals surface area contributed by atoms with E-state index in [1.54, 1.807) is 0 Å². The monoisotopic (exact) mass is 164 g/mol. The van der Waals surface area contributed by atoms with E-state index in [4.69, 9.17) is 5.11 Å².